The number of cyclic esters (lactones) is 1. The third-order valence-corrected chi connectivity index (χ3v) is 8.03. The largest absolute Gasteiger partial charge is 0.491 e. The Balaban J connectivity index is 1.14. The predicted octanol–water partition coefficient (Wildman–Crippen LogP) is 4.86. The molecule has 42 heavy (non-hydrogen) atoms. The van der Waals surface area contributed by atoms with Crippen molar-refractivity contribution in [2.45, 2.75) is 31.3 Å². The van der Waals surface area contributed by atoms with Crippen molar-refractivity contribution in [2.75, 3.05) is 50.1 Å². The fraction of sp³-hybridized carbons (Fsp3) is 0.400. The fourth-order valence-electron chi connectivity index (χ4n) is 5.03. The number of nitrogens with zero attached hydrogens (tertiary/aromatic N) is 3. The number of hydrogen-bond acceptors (Lipinski definition) is 9. The highest BCUT2D eigenvalue weighted by Crippen LogP contribution is 2.36. The second-order valence-electron chi connectivity index (χ2n) is 10.9. The Morgan fingerprint density at radius 2 is 2.05 bits per heavy atom. The summed E-state index contributed by atoms with van der Waals surface area (Å²) < 4.78 is 30.7. The van der Waals surface area contributed by atoms with Gasteiger partial charge in [0, 0.05) is 42.9 Å². The van der Waals surface area contributed by atoms with E-state index in [0.29, 0.717) is 59.5 Å². The van der Waals surface area contributed by atoms with Gasteiger partial charge in [-0.15, -0.1) is 0 Å². The zero-order valence-electron chi connectivity index (χ0n) is 22.9. The van der Waals surface area contributed by atoms with Crippen molar-refractivity contribution in [2.24, 2.45) is 5.92 Å². The second-order valence-corrected chi connectivity index (χ2v) is 11.3. The van der Waals surface area contributed by atoms with E-state index in [2.05, 4.69) is 25.5 Å². The molecular formula is C30H31ClFN5O5. The number of halogens is 2. The zero-order chi connectivity index (χ0) is 29.1. The maximum absolute atomic E-state index is 13.7. The molecule has 6 rings (SSSR count). The van der Waals surface area contributed by atoms with Crippen LogP contribution in [-0.2, 0) is 19.1 Å². The van der Waals surface area contributed by atoms with E-state index < -0.39 is 11.4 Å². The number of amides is 1. The predicted molar refractivity (Wildman–Crippen MR) is 156 cm³/mol. The summed E-state index contributed by atoms with van der Waals surface area (Å²) in [6.07, 6.45) is 8.56. The van der Waals surface area contributed by atoms with Gasteiger partial charge in [0.05, 0.1) is 22.8 Å². The van der Waals surface area contributed by atoms with Gasteiger partial charge in [0.15, 0.2) is 0 Å². The van der Waals surface area contributed by atoms with Crippen LogP contribution in [0.3, 0.4) is 0 Å². The Hall–Kier alpha value is -3.80. The molecule has 3 aromatic rings. The summed E-state index contributed by atoms with van der Waals surface area (Å²) >= 11 is 5.95. The number of anilines is 3. The number of aromatic nitrogens is 2. The molecule has 0 radical (unpaired) electrons. The molecule has 1 spiro atoms. The number of carbonyl (C=O) groups is 2. The summed E-state index contributed by atoms with van der Waals surface area (Å²) in [5, 5.41) is 6.75. The Bertz CT molecular complexity index is 1510. The molecule has 220 valence electrons. The van der Waals surface area contributed by atoms with E-state index in [9.17, 15) is 14.0 Å². The van der Waals surface area contributed by atoms with Gasteiger partial charge >= 0.3 is 5.97 Å². The highest BCUT2D eigenvalue weighted by molar-refractivity contribution is 6.31. The van der Waals surface area contributed by atoms with Gasteiger partial charge in [-0.2, -0.15) is 0 Å². The Morgan fingerprint density at radius 1 is 1.21 bits per heavy atom. The van der Waals surface area contributed by atoms with Crippen LogP contribution in [0.2, 0.25) is 5.02 Å². The fourth-order valence-corrected chi connectivity index (χ4v) is 5.21. The minimum atomic E-state index is -0.514. The van der Waals surface area contributed by atoms with Crippen molar-refractivity contribution in [1.29, 1.82) is 0 Å². The molecule has 1 aliphatic carbocycles. The molecule has 3 aliphatic rings. The molecule has 2 saturated heterocycles. The van der Waals surface area contributed by atoms with Gasteiger partial charge in [-0.05, 0) is 55.9 Å². The van der Waals surface area contributed by atoms with Gasteiger partial charge in [0.1, 0.15) is 42.5 Å². The minimum Gasteiger partial charge on any atom is -0.491 e. The first-order valence-corrected chi connectivity index (χ1v) is 14.4. The lowest BCUT2D eigenvalue weighted by atomic mass is 9.91. The SMILES string of the molecule is O=C(/C=C/CN1CCC2(CC1)COC(=O)CO2)Nc1cc2c(Nc3ccc(F)c(Cl)c3)ncnc2cc1OCC1CC1. The Labute approximate surface area is 247 Å². The molecule has 2 N–H and O–H groups in total. The topological polar surface area (TPSA) is 115 Å². The lowest BCUT2D eigenvalue weighted by Gasteiger charge is -2.42. The number of likely N-dealkylation sites (tertiary alicyclic amines) is 1. The molecule has 0 unspecified atom stereocenters. The Morgan fingerprint density at radius 3 is 2.79 bits per heavy atom. The molecule has 2 aromatic carbocycles. The minimum absolute atomic E-state index is 0.00543. The number of ether oxygens (including phenoxy) is 3. The van der Waals surface area contributed by atoms with Gasteiger partial charge in [0.2, 0.25) is 5.91 Å². The molecule has 1 saturated carbocycles. The maximum atomic E-state index is 13.7. The monoisotopic (exact) mass is 595 g/mol. The number of carbonyl (C=O) groups excluding carboxylic acids is 2. The third kappa shape index (κ3) is 6.80. The van der Waals surface area contributed by atoms with E-state index in [1.54, 1.807) is 18.2 Å². The summed E-state index contributed by atoms with van der Waals surface area (Å²) in [7, 11) is 0. The molecule has 10 nitrogen and oxygen atoms in total. The first kappa shape index (κ1) is 28.3. The van der Waals surface area contributed by atoms with Crippen LogP contribution in [0.1, 0.15) is 25.7 Å². The van der Waals surface area contributed by atoms with Gasteiger partial charge in [-0.1, -0.05) is 17.7 Å². The van der Waals surface area contributed by atoms with Gasteiger partial charge in [-0.25, -0.2) is 19.2 Å². The van der Waals surface area contributed by atoms with E-state index in [-0.39, 0.29) is 23.5 Å². The molecule has 12 heteroatoms. The van der Waals surface area contributed by atoms with Crippen molar-refractivity contribution in [3.63, 3.8) is 0 Å². The summed E-state index contributed by atoms with van der Waals surface area (Å²) in [6, 6.07) is 7.88. The molecular weight excluding hydrogens is 565 g/mol. The second kappa shape index (κ2) is 12.2. The van der Waals surface area contributed by atoms with E-state index in [4.69, 9.17) is 25.8 Å². The summed E-state index contributed by atoms with van der Waals surface area (Å²) in [4.78, 5) is 35.3. The molecule has 0 bridgehead atoms. The maximum Gasteiger partial charge on any atom is 0.332 e. The van der Waals surface area contributed by atoms with Crippen LogP contribution in [-0.4, -0.2) is 71.8 Å². The molecule has 1 aromatic heterocycles. The smallest absolute Gasteiger partial charge is 0.332 e. The average Bonchev–Trinajstić information content (AvgIpc) is 3.82. The summed E-state index contributed by atoms with van der Waals surface area (Å²) in [6.45, 7) is 3.03. The van der Waals surface area contributed by atoms with Crippen LogP contribution in [0, 0.1) is 11.7 Å². The van der Waals surface area contributed by atoms with Gasteiger partial charge in [0.25, 0.3) is 0 Å². The van der Waals surface area contributed by atoms with E-state index >= 15 is 0 Å². The van der Waals surface area contributed by atoms with Crippen molar-refractivity contribution in [3.8, 4) is 5.75 Å². The number of nitrogens with one attached hydrogen (secondary N) is 2. The van der Waals surface area contributed by atoms with Crippen LogP contribution >= 0.6 is 11.6 Å². The van der Waals surface area contributed by atoms with Crippen LogP contribution in [0.15, 0.2) is 48.8 Å². The van der Waals surface area contributed by atoms with Crippen LogP contribution < -0.4 is 15.4 Å². The van der Waals surface area contributed by atoms with Crippen molar-refractivity contribution >= 4 is 51.6 Å². The summed E-state index contributed by atoms with van der Waals surface area (Å²) in [5.74, 6) is 0.396. The van der Waals surface area contributed by atoms with Crippen LogP contribution in [0.4, 0.5) is 21.6 Å². The average molecular weight is 596 g/mol. The lowest BCUT2D eigenvalue weighted by molar-refractivity contribution is -0.195. The number of hydrogen-bond donors (Lipinski definition) is 2. The van der Waals surface area contributed by atoms with Gasteiger partial charge < -0.3 is 24.8 Å². The number of piperidine rings is 1. The third-order valence-electron chi connectivity index (χ3n) is 7.74. The standard InChI is InChI=1S/C30H31ClFN5O5/c31-22-12-20(5-6-23(22)32)35-29-21-13-25(26(40-15-19-3-4-19)14-24(21)33-18-34-29)36-27(38)2-1-9-37-10-7-30(8-11-37)17-41-28(39)16-42-30/h1-2,5-6,12-14,18-19H,3-4,7-11,15-17H2,(H,36,38)(H,33,34,35)/b2-1+. The number of fused-ring (bicyclic) bond motifs is 1. The molecule has 3 fully saturated rings. The van der Waals surface area contributed by atoms with Crippen LogP contribution in [0.5, 0.6) is 5.75 Å². The lowest BCUT2D eigenvalue weighted by Crippen LogP contribution is -2.52. The first-order chi connectivity index (χ1) is 20.4. The van der Waals surface area contributed by atoms with Crippen molar-refractivity contribution in [3.05, 3.63) is 59.7 Å². The Kier molecular flexibility index (Phi) is 8.23. The molecule has 2 aliphatic heterocycles. The summed E-state index contributed by atoms with van der Waals surface area (Å²) in [5.41, 5.74) is 1.29. The normalized spacial score (nSPS) is 18.8. The van der Waals surface area contributed by atoms with Crippen molar-refractivity contribution < 1.29 is 28.2 Å². The van der Waals surface area contributed by atoms with Crippen LogP contribution in [0.25, 0.3) is 10.9 Å². The number of benzene rings is 2. The van der Waals surface area contributed by atoms with E-state index in [1.807, 2.05) is 6.08 Å². The highest BCUT2D eigenvalue weighted by Gasteiger charge is 2.40. The number of rotatable bonds is 9. The number of esters is 1. The molecule has 0 atom stereocenters. The highest BCUT2D eigenvalue weighted by atomic mass is 35.5. The van der Waals surface area contributed by atoms with E-state index in [0.717, 1.165) is 38.8 Å². The van der Waals surface area contributed by atoms with Crippen molar-refractivity contribution in [1.82, 2.24) is 14.9 Å². The zero-order valence-corrected chi connectivity index (χ0v) is 23.7. The quantitative estimate of drug-likeness (QED) is 0.264. The molecule has 1 amide bonds. The van der Waals surface area contributed by atoms with E-state index in [1.165, 1.54) is 24.5 Å². The molecule has 3 heterocycles. The van der Waals surface area contributed by atoms with Gasteiger partial charge in [-0.3, -0.25) is 9.69 Å². The first-order valence-electron chi connectivity index (χ1n) is 14.0.